The maximum atomic E-state index is 13.7. The van der Waals surface area contributed by atoms with Crippen molar-refractivity contribution in [2.24, 2.45) is 0 Å². The highest BCUT2D eigenvalue weighted by Crippen LogP contribution is 2.38. The maximum absolute atomic E-state index is 13.7. The molecule has 2 aromatic rings. The van der Waals surface area contributed by atoms with Crippen LogP contribution in [0.5, 0.6) is 0 Å². The van der Waals surface area contributed by atoms with E-state index in [9.17, 15) is 18.0 Å². The minimum absolute atomic E-state index is 0.0607. The maximum Gasteiger partial charge on any atom is 0.492 e. The normalized spacial score (nSPS) is 17.3. The number of amides is 1. The molecule has 1 amide bonds. The molecule has 0 radical (unpaired) electrons. The molecule has 0 saturated carbocycles. The van der Waals surface area contributed by atoms with Gasteiger partial charge in [0.25, 0.3) is 0 Å². The SMILES string of the molecule is CC1(C)OB(C(=Cc2cc(F)c(F)c(F)c2)CNC(=O)OCc2ccccc2)OC1(C)C. The molecule has 1 aliphatic heterocycles. The number of halogens is 3. The molecule has 170 valence electrons. The van der Waals surface area contributed by atoms with E-state index >= 15 is 0 Å². The first-order valence-electron chi connectivity index (χ1n) is 10.1. The standard InChI is InChI=1S/C23H25BF3NO4/c1-22(2)23(3,4)32-24(31-22)17(10-16-11-18(25)20(27)19(26)12-16)13-28-21(29)30-14-15-8-6-5-7-9-15/h5-12H,13-14H2,1-4H3,(H,28,29). The predicted octanol–water partition coefficient (Wildman–Crippen LogP) is 5.05. The average Bonchev–Trinajstić information content (AvgIpc) is 2.95. The van der Waals surface area contributed by atoms with Gasteiger partial charge in [0.1, 0.15) is 6.61 Å². The van der Waals surface area contributed by atoms with Gasteiger partial charge in [-0.25, -0.2) is 18.0 Å². The van der Waals surface area contributed by atoms with Crippen LogP contribution in [0, 0.1) is 17.5 Å². The fourth-order valence-electron chi connectivity index (χ4n) is 3.02. The van der Waals surface area contributed by atoms with Crippen molar-refractivity contribution >= 4 is 19.3 Å². The van der Waals surface area contributed by atoms with Crippen LogP contribution in [0.3, 0.4) is 0 Å². The van der Waals surface area contributed by atoms with Crippen LogP contribution in [-0.4, -0.2) is 31.0 Å². The number of carbonyl (C=O) groups excluding carboxylic acids is 1. The van der Waals surface area contributed by atoms with Gasteiger partial charge in [-0.2, -0.15) is 0 Å². The summed E-state index contributed by atoms with van der Waals surface area (Å²) in [5.41, 5.74) is -0.0915. The van der Waals surface area contributed by atoms with Crippen LogP contribution in [0.4, 0.5) is 18.0 Å². The Morgan fingerprint density at radius 3 is 2.16 bits per heavy atom. The molecule has 3 rings (SSSR count). The zero-order valence-corrected chi connectivity index (χ0v) is 18.4. The van der Waals surface area contributed by atoms with E-state index in [0.717, 1.165) is 17.7 Å². The van der Waals surface area contributed by atoms with Crippen LogP contribution in [0.25, 0.3) is 6.08 Å². The minimum atomic E-state index is -1.55. The zero-order valence-electron chi connectivity index (χ0n) is 18.4. The Labute approximate surface area is 185 Å². The van der Waals surface area contributed by atoms with E-state index in [-0.39, 0.29) is 18.7 Å². The van der Waals surface area contributed by atoms with Gasteiger partial charge in [0.2, 0.25) is 0 Å². The van der Waals surface area contributed by atoms with E-state index in [4.69, 9.17) is 14.0 Å². The summed E-state index contributed by atoms with van der Waals surface area (Å²) in [5, 5.41) is 2.59. The average molecular weight is 447 g/mol. The molecule has 1 aliphatic rings. The molecule has 0 atom stereocenters. The zero-order chi connectivity index (χ0) is 23.5. The van der Waals surface area contributed by atoms with Gasteiger partial charge >= 0.3 is 13.2 Å². The smallest absolute Gasteiger partial charge is 0.445 e. The van der Waals surface area contributed by atoms with E-state index < -0.39 is 41.9 Å². The molecular weight excluding hydrogens is 422 g/mol. The molecule has 0 aromatic heterocycles. The summed E-state index contributed by atoms with van der Waals surface area (Å²) in [6, 6.07) is 10.9. The molecule has 32 heavy (non-hydrogen) atoms. The van der Waals surface area contributed by atoms with Crippen LogP contribution in [0.1, 0.15) is 38.8 Å². The molecule has 5 nitrogen and oxygen atoms in total. The van der Waals surface area contributed by atoms with Crippen LogP contribution in [-0.2, 0) is 20.7 Å². The Kier molecular flexibility index (Phi) is 7.00. The number of hydrogen-bond donors (Lipinski definition) is 1. The summed E-state index contributed by atoms with van der Waals surface area (Å²) < 4.78 is 57.9. The molecule has 0 unspecified atom stereocenters. The van der Waals surface area contributed by atoms with E-state index in [1.54, 1.807) is 0 Å². The minimum Gasteiger partial charge on any atom is -0.445 e. The Hall–Kier alpha value is -2.78. The highest BCUT2D eigenvalue weighted by molar-refractivity contribution is 6.56. The quantitative estimate of drug-likeness (QED) is 0.498. The molecule has 2 aromatic carbocycles. The summed E-state index contributed by atoms with van der Waals surface area (Å²) in [4.78, 5) is 12.2. The highest BCUT2D eigenvalue weighted by atomic mass is 19.2. The lowest BCUT2D eigenvalue weighted by atomic mass is 9.77. The molecule has 0 bridgehead atoms. The highest BCUT2D eigenvalue weighted by Gasteiger charge is 2.52. The van der Waals surface area contributed by atoms with E-state index in [1.165, 1.54) is 6.08 Å². The van der Waals surface area contributed by atoms with Crippen LogP contribution in [0.15, 0.2) is 47.9 Å². The van der Waals surface area contributed by atoms with E-state index in [2.05, 4.69) is 5.32 Å². The lowest BCUT2D eigenvalue weighted by Gasteiger charge is -2.32. The summed E-state index contributed by atoms with van der Waals surface area (Å²) >= 11 is 0. The third kappa shape index (κ3) is 5.52. The largest absolute Gasteiger partial charge is 0.492 e. The van der Waals surface area contributed by atoms with Crippen molar-refractivity contribution in [2.45, 2.75) is 45.5 Å². The molecule has 1 N–H and O–H groups in total. The first-order chi connectivity index (χ1) is 15.0. The molecule has 0 spiro atoms. The number of rotatable bonds is 6. The second-order valence-corrected chi connectivity index (χ2v) is 8.52. The van der Waals surface area contributed by atoms with Gasteiger partial charge in [0.15, 0.2) is 17.5 Å². The molecule has 9 heteroatoms. The van der Waals surface area contributed by atoms with Gasteiger partial charge in [-0.3, -0.25) is 0 Å². The Balaban J connectivity index is 1.77. The second-order valence-electron chi connectivity index (χ2n) is 8.52. The van der Waals surface area contributed by atoms with Gasteiger partial charge in [-0.05, 0) is 56.4 Å². The Morgan fingerprint density at radius 2 is 1.59 bits per heavy atom. The van der Waals surface area contributed by atoms with Gasteiger partial charge in [0.05, 0.1) is 11.2 Å². The van der Waals surface area contributed by atoms with Crippen molar-refractivity contribution < 1.29 is 32.0 Å². The first-order valence-corrected chi connectivity index (χ1v) is 10.1. The summed E-state index contributed by atoms with van der Waals surface area (Å²) in [5.74, 6) is -4.19. The summed E-state index contributed by atoms with van der Waals surface area (Å²) in [6.45, 7) is 7.40. The molecule has 1 fully saturated rings. The van der Waals surface area contributed by atoms with Crippen molar-refractivity contribution in [3.63, 3.8) is 0 Å². The van der Waals surface area contributed by atoms with Crippen LogP contribution in [0.2, 0.25) is 0 Å². The predicted molar refractivity (Wildman–Crippen MR) is 115 cm³/mol. The van der Waals surface area contributed by atoms with Gasteiger partial charge in [-0.1, -0.05) is 36.4 Å². The van der Waals surface area contributed by atoms with Crippen molar-refractivity contribution in [3.05, 3.63) is 76.5 Å². The van der Waals surface area contributed by atoms with Crippen LogP contribution >= 0.6 is 0 Å². The summed E-state index contributed by atoms with van der Waals surface area (Å²) in [6.07, 6.45) is 0.707. The fourth-order valence-corrected chi connectivity index (χ4v) is 3.02. The van der Waals surface area contributed by atoms with E-state index in [0.29, 0.717) is 5.47 Å². The summed E-state index contributed by atoms with van der Waals surface area (Å²) in [7, 11) is -0.898. The van der Waals surface area contributed by atoms with Crippen molar-refractivity contribution in [3.8, 4) is 0 Å². The molecule has 1 saturated heterocycles. The number of carbonyl (C=O) groups is 1. The number of nitrogens with one attached hydrogen (secondary N) is 1. The molecule has 0 aliphatic carbocycles. The topological polar surface area (TPSA) is 56.8 Å². The second kappa shape index (κ2) is 9.38. The number of ether oxygens (including phenoxy) is 1. The fraction of sp³-hybridized carbons (Fsp3) is 0.348. The third-order valence-corrected chi connectivity index (χ3v) is 5.56. The Morgan fingerprint density at radius 1 is 1.03 bits per heavy atom. The van der Waals surface area contributed by atoms with Crippen molar-refractivity contribution in [1.82, 2.24) is 5.32 Å². The Bertz CT molecular complexity index is 973. The number of benzene rings is 2. The van der Waals surface area contributed by atoms with Crippen molar-refractivity contribution in [1.29, 1.82) is 0 Å². The third-order valence-electron chi connectivity index (χ3n) is 5.56. The van der Waals surface area contributed by atoms with Gasteiger partial charge in [-0.15, -0.1) is 0 Å². The van der Waals surface area contributed by atoms with Crippen LogP contribution < -0.4 is 5.32 Å². The number of alkyl carbamates (subject to hydrolysis) is 1. The van der Waals surface area contributed by atoms with Gasteiger partial charge in [0, 0.05) is 6.54 Å². The lowest BCUT2D eigenvalue weighted by Crippen LogP contribution is -2.41. The van der Waals surface area contributed by atoms with Crippen molar-refractivity contribution in [2.75, 3.05) is 6.54 Å². The number of hydrogen-bond acceptors (Lipinski definition) is 4. The molecular formula is C23H25BF3NO4. The van der Waals surface area contributed by atoms with E-state index in [1.807, 2.05) is 58.0 Å². The van der Waals surface area contributed by atoms with Gasteiger partial charge < -0.3 is 19.4 Å². The molecule has 1 heterocycles. The first kappa shape index (κ1) is 23.9. The monoisotopic (exact) mass is 447 g/mol. The lowest BCUT2D eigenvalue weighted by molar-refractivity contribution is 0.00578.